The molecule has 42 heavy (non-hydrogen) atoms. The molecular formula is C36H22N5P. The molecule has 1 unspecified atom stereocenters. The summed E-state index contributed by atoms with van der Waals surface area (Å²) in [4.78, 5) is 20.1. The number of hydrogen-bond donors (Lipinski definition) is 0. The van der Waals surface area contributed by atoms with Crippen LogP contribution in [-0.4, -0.2) is 24.3 Å². The molecule has 0 spiro atoms. The second-order valence-electron chi connectivity index (χ2n) is 10.5. The van der Waals surface area contributed by atoms with E-state index in [1.165, 1.54) is 16.1 Å². The monoisotopic (exact) mass is 555 g/mol. The van der Waals surface area contributed by atoms with Crippen molar-refractivity contribution in [1.29, 1.82) is 0 Å². The highest BCUT2D eigenvalue weighted by atomic mass is 31.1. The van der Waals surface area contributed by atoms with Crippen LogP contribution in [0, 0.1) is 0 Å². The van der Waals surface area contributed by atoms with Gasteiger partial charge in [-0.2, -0.15) is 0 Å². The Morgan fingerprint density at radius 3 is 2.19 bits per heavy atom. The smallest absolute Gasteiger partial charge is 0.160 e. The van der Waals surface area contributed by atoms with Crippen molar-refractivity contribution in [3.8, 4) is 0 Å². The van der Waals surface area contributed by atoms with E-state index in [9.17, 15) is 0 Å². The highest BCUT2D eigenvalue weighted by molar-refractivity contribution is 7.79. The summed E-state index contributed by atoms with van der Waals surface area (Å²) >= 11 is 0. The summed E-state index contributed by atoms with van der Waals surface area (Å²) in [6.07, 6.45) is 5.93. The van der Waals surface area contributed by atoms with Gasteiger partial charge in [-0.3, -0.25) is 9.38 Å². The molecule has 4 aromatic heterocycles. The van der Waals surface area contributed by atoms with Gasteiger partial charge in [0.1, 0.15) is 5.65 Å². The molecule has 5 aromatic carbocycles. The van der Waals surface area contributed by atoms with Crippen LogP contribution in [0.4, 0.5) is 0 Å². The van der Waals surface area contributed by atoms with E-state index in [1.54, 1.807) is 0 Å². The summed E-state index contributed by atoms with van der Waals surface area (Å²) in [5.74, 6) is 0. The number of hydrogen-bond acceptors (Lipinski definition) is 4. The number of aromatic nitrogens is 5. The van der Waals surface area contributed by atoms with Gasteiger partial charge in [-0.1, -0.05) is 84.9 Å². The maximum atomic E-state index is 5.16. The molecule has 0 amide bonds. The van der Waals surface area contributed by atoms with Gasteiger partial charge < -0.3 is 0 Å². The fraction of sp³-hybridized carbons (Fsp3) is 0. The zero-order chi connectivity index (χ0) is 27.6. The van der Waals surface area contributed by atoms with Gasteiger partial charge in [0.05, 0.1) is 22.1 Å². The number of fused-ring (bicyclic) bond motifs is 10. The van der Waals surface area contributed by atoms with Gasteiger partial charge in [-0.15, -0.1) is 0 Å². The Bertz CT molecular complexity index is 2420. The topological polar surface area (TPSA) is 56.0 Å². The van der Waals surface area contributed by atoms with Crippen molar-refractivity contribution in [2.45, 2.75) is 0 Å². The predicted molar refractivity (Wildman–Crippen MR) is 175 cm³/mol. The van der Waals surface area contributed by atoms with Crippen molar-refractivity contribution < 1.29 is 0 Å². The fourth-order valence-corrected chi connectivity index (χ4v) is 8.39. The van der Waals surface area contributed by atoms with Crippen LogP contribution in [0.2, 0.25) is 0 Å². The second kappa shape index (κ2) is 9.13. The minimum Gasteiger partial charge on any atom is -0.292 e. The average molecular weight is 556 g/mol. The van der Waals surface area contributed by atoms with Crippen molar-refractivity contribution in [3.05, 3.63) is 134 Å². The van der Waals surface area contributed by atoms with Crippen molar-refractivity contribution in [3.63, 3.8) is 0 Å². The van der Waals surface area contributed by atoms with Crippen molar-refractivity contribution in [2.75, 3.05) is 0 Å². The van der Waals surface area contributed by atoms with Crippen LogP contribution >= 0.6 is 7.92 Å². The first-order chi connectivity index (χ1) is 20.8. The van der Waals surface area contributed by atoms with E-state index in [2.05, 4.69) is 101 Å². The zero-order valence-corrected chi connectivity index (χ0v) is 23.3. The molecule has 0 aliphatic rings. The van der Waals surface area contributed by atoms with Crippen LogP contribution in [0.5, 0.6) is 0 Å². The van der Waals surface area contributed by atoms with E-state index in [0.29, 0.717) is 0 Å². The van der Waals surface area contributed by atoms with E-state index >= 15 is 0 Å². The Labute approximate surface area is 241 Å². The summed E-state index contributed by atoms with van der Waals surface area (Å²) in [5.41, 5.74) is 5.84. The largest absolute Gasteiger partial charge is 0.292 e. The van der Waals surface area contributed by atoms with Crippen LogP contribution in [0.1, 0.15) is 0 Å². The summed E-state index contributed by atoms with van der Waals surface area (Å²) < 4.78 is 2.27. The van der Waals surface area contributed by atoms with Crippen molar-refractivity contribution in [2.24, 2.45) is 0 Å². The third-order valence-corrected chi connectivity index (χ3v) is 10.3. The predicted octanol–water partition coefficient (Wildman–Crippen LogP) is 7.04. The maximum absolute atomic E-state index is 5.16. The van der Waals surface area contributed by atoms with Crippen LogP contribution in [0.3, 0.4) is 0 Å². The lowest BCUT2D eigenvalue weighted by atomic mass is 10.1. The minimum absolute atomic E-state index is 0.811. The molecule has 0 aliphatic carbocycles. The first-order valence-corrected chi connectivity index (χ1v) is 15.2. The second-order valence-corrected chi connectivity index (χ2v) is 12.5. The summed E-state index contributed by atoms with van der Waals surface area (Å²) in [7, 11) is -1.17. The molecule has 1 atom stereocenters. The van der Waals surface area contributed by atoms with Gasteiger partial charge in [0.25, 0.3) is 0 Å². The molecule has 0 radical (unpaired) electrons. The highest BCUT2D eigenvalue weighted by Gasteiger charge is 2.26. The minimum atomic E-state index is -1.17. The highest BCUT2D eigenvalue weighted by Crippen LogP contribution is 2.39. The summed E-state index contributed by atoms with van der Waals surface area (Å²) in [6.45, 7) is 0. The molecule has 5 nitrogen and oxygen atoms in total. The van der Waals surface area contributed by atoms with Gasteiger partial charge in [0.15, 0.2) is 5.57 Å². The molecule has 9 rings (SSSR count). The molecule has 9 aromatic rings. The Balaban J connectivity index is 1.43. The standard InChI is InChI=1S/C36H22N5P/c1-2-10-24-19-26(18-17-23(24)9-1)42(36-38-20-25-11-3-5-13-29(25)40-36)33-22-37-21-28-34(33)27-12-4-7-15-31(27)41-32-16-8-6-14-30(32)39-35(28)41/h1-22H. The summed E-state index contributed by atoms with van der Waals surface area (Å²) in [6, 6.07) is 40.3. The molecular weight excluding hydrogens is 533 g/mol. The molecule has 0 saturated heterocycles. The van der Waals surface area contributed by atoms with E-state index < -0.39 is 7.92 Å². The molecule has 0 fully saturated rings. The number of nitrogens with zero attached hydrogens (tertiary/aromatic N) is 5. The Kier molecular flexibility index (Phi) is 5.10. The normalized spacial score (nSPS) is 12.7. The molecule has 0 bridgehead atoms. The summed E-state index contributed by atoms with van der Waals surface area (Å²) in [5, 5.41) is 9.09. The number of imidazole rings is 1. The van der Waals surface area contributed by atoms with E-state index in [4.69, 9.17) is 19.9 Å². The van der Waals surface area contributed by atoms with Gasteiger partial charge in [-0.25, -0.2) is 15.0 Å². The van der Waals surface area contributed by atoms with E-state index in [0.717, 1.165) is 60.1 Å². The Morgan fingerprint density at radius 1 is 0.548 bits per heavy atom. The number of benzene rings is 5. The molecule has 0 aliphatic heterocycles. The van der Waals surface area contributed by atoms with Crippen LogP contribution in [0.15, 0.2) is 134 Å². The van der Waals surface area contributed by atoms with E-state index in [1.807, 2.05) is 36.8 Å². The van der Waals surface area contributed by atoms with Crippen molar-refractivity contribution >= 4 is 84.1 Å². The third-order valence-electron chi connectivity index (χ3n) is 8.05. The lowest BCUT2D eigenvalue weighted by molar-refractivity contribution is 1.29. The Hall–Kier alpha value is -5.25. The van der Waals surface area contributed by atoms with Crippen LogP contribution in [-0.2, 0) is 0 Å². The third kappa shape index (κ3) is 3.47. The fourth-order valence-electron chi connectivity index (χ4n) is 6.15. The number of rotatable bonds is 3. The molecule has 6 heteroatoms. The first kappa shape index (κ1) is 23.5. The molecule has 0 saturated carbocycles. The quantitative estimate of drug-likeness (QED) is 0.173. The van der Waals surface area contributed by atoms with Gasteiger partial charge >= 0.3 is 0 Å². The number of para-hydroxylation sites is 4. The zero-order valence-electron chi connectivity index (χ0n) is 22.4. The lowest BCUT2D eigenvalue weighted by Crippen LogP contribution is -2.26. The van der Waals surface area contributed by atoms with Crippen molar-refractivity contribution in [1.82, 2.24) is 24.3 Å². The number of pyridine rings is 2. The van der Waals surface area contributed by atoms with Crippen LogP contribution in [0.25, 0.3) is 60.0 Å². The average Bonchev–Trinajstić information content (AvgIpc) is 3.45. The van der Waals surface area contributed by atoms with Gasteiger partial charge in [0.2, 0.25) is 0 Å². The SMILES string of the molecule is c1ccc2cc(P(c3ncc4ccccc4n3)c3cncc4c3c3ccccc3n3c5ccccc5nc43)ccc2c1. The van der Waals surface area contributed by atoms with E-state index in [-0.39, 0.29) is 0 Å². The molecule has 196 valence electrons. The maximum Gasteiger partial charge on any atom is 0.160 e. The van der Waals surface area contributed by atoms with Crippen LogP contribution < -0.4 is 16.2 Å². The first-order valence-electron chi connectivity index (χ1n) is 13.9. The molecule has 4 heterocycles. The van der Waals surface area contributed by atoms with Gasteiger partial charge in [0, 0.05) is 53.4 Å². The van der Waals surface area contributed by atoms with Gasteiger partial charge in [-0.05, 0) is 46.4 Å². The lowest BCUT2D eigenvalue weighted by Gasteiger charge is -2.21. The Morgan fingerprint density at radius 2 is 1.29 bits per heavy atom. The molecule has 0 N–H and O–H groups in total.